The van der Waals surface area contributed by atoms with Crippen LogP contribution in [0.3, 0.4) is 0 Å². The first-order valence-electron chi connectivity index (χ1n) is 7.78. The fourth-order valence-corrected chi connectivity index (χ4v) is 2.79. The molecule has 0 amide bonds. The maximum absolute atomic E-state index is 3.80. The second-order valence-electron chi connectivity index (χ2n) is 5.51. The Labute approximate surface area is 108 Å². The molecule has 1 saturated carbocycles. The third kappa shape index (κ3) is 8.43. The van der Waals surface area contributed by atoms with Crippen molar-refractivity contribution < 1.29 is 0 Å². The van der Waals surface area contributed by atoms with Crippen molar-refractivity contribution >= 4 is 0 Å². The van der Waals surface area contributed by atoms with Crippen LogP contribution in [0, 0.1) is 0 Å². The molecule has 0 spiro atoms. The Morgan fingerprint density at radius 1 is 0.765 bits per heavy atom. The Kier molecular flexibility index (Phi) is 9.40. The molecule has 0 radical (unpaired) electrons. The third-order valence-corrected chi connectivity index (χ3v) is 3.91. The van der Waals surface area contributed by atoms with E-state index in [9.17, 15) is 0 Å². The average molecular weight is 237 g/mol. The van der Waals surface area contributed by atoms with Gasteiger partial charge in [0.25, 0.3) is 0 Å². The summed E-state index contributed by atoms with van der Waals surface area (Å²) in [5, 5.41) is 3.62. The summed E-state index contributed by atoms with van der Waals surface area (Å²) in [6.45, 7) is 4.77. The molecule has 1 nitrogen and oxygen atoms in total. The molecule has 17 heavy (non-hydrogen) atoms. The minimum Gasteiger partial charge on any atom is -0.311 e. The maximum atomic E-state index is 3.80. The highest BCUT2D eigenvalue weighted by atomic mass is 14.9. The van der Waals surface area contributed by atoms with Crippen LogP contribution in [0.25, 0.3) is 0 Å². The van der Waals surface area contributed by atoms with Crippen molar-refractivity contribution in [3.05, 3.63) is 12.7 Å². The molecule has 0 aliphatic heterocycles. The van der Waals surface area contributed by atoms with E-state index in [1.54, 1.807) is 0 Å². The van der Waals surface area contributed by atoms with Gasteiger partial charge in [-0.1, -0.05) is 70.3 Å². The predicted molar refractivity (Wildman–Crippen MR) is 77.4 cm³/mol. The highest BCUT2D eigenvalue weighted by Gasteiger charge is 2.07. The van der Waals surface area contributed by atoms with Gasteiger partial charge in [0, 0.05) is 12.6 Å². The van der Waals surface area contributed by atoms with Crippen LogP contribution in [-0.2, 0) is 0 Å². The summed E-state index contributed by atoms with van der Waals surface area (Å²) < 4.78 is 0. The topological polar surface area (TPSA) is 12.0 Å². The van der Waals surface area contributed by atoms with E-state index in [2.05, 4.69) is 11.9 Å². The fourth-order valence-electron chi connectivity index (χ4n) is 2.79. The molecule has 1 aliphatic rings. The summed E-state index contributed by atoms with van der Waals surface area (Å²) in [6, 6.07) is 0.744. The molecule has 1 aliphatic carbocycles. The van der Waals surface area contributed by atoms with Crippen molar-refractivity contribution in [3.8, 4) is 0 Å². The van der Waals surface area contributed by atoms with Gasteiger partial charge in [-0.2, -0.15) is 0 Å². The van der Waals surface area contributed by atoms with Gasteiger partial charge in [0.05, 0.1) is 0 Å². The molecule has 0 aromatic heterocycles. The zero-order valence-corrected chi connectivity index (χ0v) is 11.6. The zero-order valence-electron chi connectivity index (χ0n) is 11.6. The van der Waals surface area contributed by atoms with Gasteiger partial charge < -0.3 is 5.32 Å². The van der Waals surface area contributed by atoms with Gasteiger partial charge in [-0.25, -0.2) is 0 Å². The smallest absolute Gasteiger partial charge is 0.0134 e. The lowest BCUT2D eigenvalue weighted by molar-refractivity contribution is 0.431. The molecule has 0 saturated heterocycles. The first kappa shape index (κ1) is 14.8. The first-order chi connectivity index (χ1) is 8.43. The second-order valence-corrected chi connectivity index (χ2v) is 5.51. The summed E-state index contributed by atoms with van der Waals surface area (Å²) in [4.78, 5) is 0. The van der Waals surface area contributed by atoms with Crippen molar-refractivity contribution in [2.45, 2.75) is 83.1 Å². The molecule has 0 heterocycles. The predicted octanol–water partition coefficient (Wildman–Crippen LogP) is 4.83. The fraction of sp³-hybridized carbons (Fsp3) is 0.875. The molecular weight excluding hydrogens is 206 g/mol. The molecule has 0 bridgehead atoms. The van der Waals surface area contributed by atoms with Crippen LogP contribution in [0.2, 0.25) is 0 Å². The number of hydrogen-bond donors (Lipinski definition) is 1. The van der Waals surface area contributed by atoms with Gasteiger partial charge in [-0.05, 0) is 12.8 Å². The molecule has 0 aromatic rings. The minimum atomic E-state index is 0.744. The summed E-state index contributed by atoms with van der Waals surface area (Å²) >= 11 is 0. The number of hydrogen-bond acceptors (Lipinski definition) is 1. The van der Waals surface area contributed by atoms with Crippen molar-refractivity contribution in [1.29, 1.82) is 0 Å². The van der Waals surface area contributed by atoms with Gasteiger partial charge in [0.2, 0.25) is 0 Å². The summed E-state index contributed by atoms with van der Waals surface area (Å²) in [5.74, 6) is 0. The van der Waals surface area contributed by atoms with Crippen molar-refractivity contribution in [1.82, 2.24) is 5.32 Å². The second kappa shape index (κ2) is 10.8. The van der Waals surface area contributed by atoms with Crippen LogP contribution in [0.15, 0.2) is 12.7 Å². The lowest BCUT2D eigenvalue weighted by Gasteiger charge is -2.17. The molecule has 1 heteroatoms. The molecule has 1 fully saturated rings. The Morgan fingerprint density at radius 3 is 1.59 bits per heavy atom. The standard InChI is InChI=1S/C16H31N/c1-2-15-17-16-13-11-9-7-5-3-4-6-8-10-12-14-16/h2,16-17H,1,3-15H2. The SMILES string of the molecule is C=CCNC1CCCCCCCCCCCC1. The van der Waals surface area contributed by atoms with E-state index < -0.39 is 0 Å². The van der Waals surface area contributed by atoms with E-state index in [0.717, 1.165) is 12.6 Å². The Morgan fingerprint density at radius 2 is 1.18 bits per heavy atom. The lowest BCUT2D eigenvalue weighted by atomic mass is 10.0. The van der Waals surface area contributed by atoms with Crippen LogP contribution in [0.5, 0.6) is 0 Å². The van der Waals surface area contributed by atoms with E-state index in [-0.39, 0.29) is 0 Å². The monoisotopic (exact) mass is 237 g/mol. The van der Waals surface area contributed by atoms with E-state index in [1.807, 2.05) is 6.08 Å². The van der Waals surface area contributed by atoms with E-state index in [0.29, 0.717) is 0 Å². The molecule has 0 unspecified atom stereocenters. The van der Waals surface area contributed by atoms with Crippen LogP contribution in [0.4, 0.5) is 0 Å². The average Bonchev–Trinajstić information content (AvgIpc) is 2.37. The minimum absolute atomic E-state index is 0.744. The van der Waals surface area contributed by atoms with Crippen LogP contribution >= 0.6 is 0 Å². The van der Waals surface area contributed by atoms with E-state index in [4.69, 9.17) is 0 Å². The van der Waals surface area contributed by atoms with Crippen LogP contribution < -0.4 is 5.32 Å². The summed E-state index contributed by atoms with van der Waals surface area (Å²) in [7, 11) is 0. The van der Waals surface area contributed by atoms with Gasteiger partial charge in [0.1, 0.15) is 0 Å². The normalized spacial score (nSPS) is 22.1. The van der Waals surface area contributed by atoms with Gasteiger partial charge in [-0.3, -0.25) is 0 Å². The van der Waals surface area contributed by atoms with Crippen molar-refractivity contribution in [2.24, 2.45) is 0 Å². The zero-order chi connectivity index (χ0) is 12.2. The summed E-state index contributed by atoms with van der Waals surface area (Å²) in [6.07, 6.45) is 19.2. The van der Waals surface area contributed by atoms with Crippen LogP contribution in [-0.4, -0.2) is 12.6 Å². The largest absolute Gasteiger partial charge is 0.311 e. The van der Waals surface area contributed by atoms with Gasteiger partial charge in [0.15, 0.2) is 0 Å². The quantitative estimate of drug-likeness (QED) is 0.694. The lowest BCUT2D eigenvalue weighted by Crippen LogP contribution is -2.29. The number of rotatable bonds is 3. The Balaban J connectivity index is 2.23. The van der Waals surface area contributed by atoms with Crippen molar-refractivity contribution in [3.63, 3.8) is 0 Å². The van der Waals surface area contributed by atoms with E-state index >= 15 is 0 Å². The number of nitrogens with one attached hydrogen (secondary N) is 1. The molecule has 100 valence electrons. The highest BCUT2D eigenvalue weighted by molar-refractivity contribution is 4.75. The molecule has 0 atom stereocenters. The third-order valence-electron chi connectivity index (χ3n) is 3.91. The Hall–Kier alpha value is -0.300. The van der Waals surface area contributed by atoms with E-state index in [1.165, 1.54) is 77.0 Å². The highest BCUT2D eigenvalue weighted by Crippen LogP contribution is 2.16. The van der Waals surface area contributed by atoms with Gasteiger partial charge in [-0.15, -0.1) is 6.58 Å². The Bertz CT molecular complexity index is 162. The van der Waals surface area contributed by atoms with Crippen LogP contribution in [0.1, 0.15) is 77.0 Å². The van der Waals surface area contributed by atoms with Gasteiger partial charge >= 0.3 is 0 Å². The maximum Gasteiger partial charge on any atom is 0.0134 e. The molecule has 1 N–H and O–H groups in total. The van der Waals surface area contributed by atoms with Crippen molar-refractivity contribution in [2.75, 3.05) is 6.54 Å². The molecular formula is C16H31N. The molecule has 0 aromatic carbocycles. The summed E-state index contributed by atoms with van der Waals surface area (Å²) in [5.41, 5.74) is 0. The first-order valence-corrected chi connectivity index (χ1v) is 7.78. The molecule has 1 rings (SSSR count).